The van der Waals surface area contributed by atoms with E-state index in [0.29, 0.717) is 32.4 Å². The summed E-state index contributed by atoms with van der Waals surface area (Å²) in [6, 6.07) is 10.5. The number of nitrogens with zero attached hydrogens (tertiary/aromatic N) is 1. The van der Waals surface area contributed by atoms with Crippen LogP contribution in [-0.2, 0) is 19.6 Å². The van der Waals surface area contributed by atoms with Crippen LogP contribution in [0.2, 0.25) is 0 Å². The largest absolute Gasteiger partial charge is 0.394 e. The van der Waals surface area contributed by atoms with Crippen LogP contribution in [0.25, 0.3) is 10.8 Å². The summed E-state index contributed by atoms with van der Waals surface area (Å²) in [4.78, 5) is 26.5. The molecule has 1 aliphatic heterocycles. The number of hydrogen-bond donors (Lipinski definition) is 4. The van der Waals surface area contributed by atoms with Crippen LogP contribution in [0.15, 0.2) is 47.4 Å². The van der Waals surface area contributed by atoms with Gasteiger partial charge in [0.2, 0.25) is 21.8 Å². The Kier molecular flexibility index (Phi) is 8.19. The zero-order valence-corrected chi connectivity index (χ0v) is 18.7. The number of fused-ring (bicyclic) bond motifs is 1. The number of hydrogen-bond acceptors (Lipinski definition) is 6. The highest BCUT2D eigenvalue weighted by atomic mass is 32.2. The first kappa shape index (κ1) is 24.1. The molecule has 1 heterocycles. The Balaban J connectivity index is 1.68. The second-order valence-corrected chi connectivity index (χ2v) is 9.60. The number of aliphatic hydroxyl groups is 1. The molecule has 0 unspecified atom stereocenters. The Bertz CT molecular complexity index is 1060. The van der Waals surface area contributed by atoms with Gasteiger partial charge in [0.1, 0.15) is 6.04 Å². The molecule has 0 spiro atoms. The Morgan fingerprint density at radius 1 is 1.19 bits per heavy atom. The summed E-state index contributed by atoms with van der Waals surface area (Å²) in [6.07, 6.45) is 2.34. The summed E-state index contributed by atoms with van der Waals surface area (Å²) in [6.45, 7) is 0.482. The topological polar surface area (TPSA) is 142 Å². The highest BCUT2D eigenvalue weighted by molar-refractivity contribution is 7.89. The summed E-state index contributed by atoms with van der Waals surface area (Å²) < 4.78 is 28.1. The molecule has 174 valence electrons. The molecule has 2 aromatic carbocycles. The van der Waals surface area contributed by atoms with Gasteiger partial charge in [0.05, 0.1) is 11.5 Å². The van der Waals surface area contributed by atoms with Crippen molar-refractivity contribution in [3.8, 4) is 0 Å². The predicted molar refractivity (Wildman–Crippen MR) is 121 cm³/mol. The Morgan fingerprint density at radius 3 is 2.66 bits per heavy atom. The molecule has 2 atom stereocenters. The molecule has 10 heteroatoms. The first-order valence-electron chi connectivity index (χ1n) is 10.7. The number of carbonyl (C=O) groups excluding carboxylic acids is 2. The molecule has 2 amide bonds. The van der Waals surface area contributed by atoms with E-state index in [0.717, 1.165) is 17.2 Å². The van der Waals surface area contributed by atoms with Gasteiger partial charge in [-0.2, -0.15) is 4.72 Å². The number of sulfonamides is 1. The van der Waals surface area contributed by atoms with E-state index < -0.39 is 28.6 Å². The van der Waals surface area contributed by atoms with Crippen LogP contribution >= 0.6 is 0 Å². The predicted octanol–water partition coefficient (Wildman–Crippen LogP) is 0.325. The van der Waals surface area contributed by atoms with Gasteiger partial charge in [-0.1, -0.05) is 30.3 Å². The van der Waals surface area contributed by atoms with E-state index in [1.807, 2.05) is 18.2 Å². The fraction of sp³-hybridized carbons (Fsp3) is 0.455. The van der Waals surface area contributed by atoms with Crippen LogP contribution < -0.4 is 15.8 Å². The molecule has 1 fully saturated rings. The van der Waals surface area contributed by atoms with Gasteiger partial charge in [0, 0.05) is 25.6 Å². The lowest BCUT2D eigenvalue weighted by Crippen LogP contribution is -2.53. The van der Waals surface area contributed by atoms with Crippen LogP contribution in [0, 0.1) is 0 Å². The molecule has 1 aliphatic rings. The lowest BCUT2D eigenvalue weighted by atomic mass is 10.1. The van der Waals surface area contributed by atoms with Crippen LogP contribution in [0.4, 0.5) is 0 Å². The number of rotatable bonds is 10. The maximum Gasteiger partial charge on any atom is 0.243 e. The molecule has 0 radical (unpaired) electrons. The number of carbonyl (C=O) groups is 2. The van der Waals surface area contributed by atoms with E-state index in [9.17, 15) is 23.1 Å². The summed E-state index contributed by atoms with van der Waals surface area (Å²) in [7, 11) is -4.03. The number of amides is 2. The van der Waals surface area contributed by atoms with Crippen molar-refractivity contribution >= 4 is 32.6 Å². The maximum absolute atomic E-state index is 13.0. The summed E-state index contributed by atoms with van der Waals surface area (Å²) >= 11 is 0. The van der Waals surface area contributed by atoms with Crippen LogP contribution in [0.1, 0.15) is 25.7 Å². The number of aliphatic hydroxyl groups excluding tert-OH is 1. The molecular formula is C22H30N4O5S. The van der Waals surface area contributed by atoms with Crippen LogP contribution in [0.5, 0.6) is 0 Å². The smallest absolute Gasteiger partial charge is 0.243 e. The molecule has 0 saturated carbocycles. The van der Waals surface area contributed by atoms with Crippen molar-refractivity contribution in [1.29, 1.82) is 0 Å². The standard InChI is InChI=1S/C22H30N4O5S/c23-11-3-8-21(28)24-14-18-7-4-12-26(18)22(29)20(15-27)25-32(30,31)19-10-9-16-5-1-2-6-17(16)13-19/h1-2,5-6,9-10,13,18,20,25,27H,3-4,7-8,11-12,14-15,23H2,(H,24,28)/t18-,20+/m0/s1. The molecule has 32 heavy (non-hydrogen) atoms. The molecule has 9 nitrogen and oxygen atoms in total. The van der Waals surface area contributed by atoms with Gasteiger partial charge in [-0.3, -0.25) is 9.59 Å². The normalized spacial score (nSPS) is 17.4. The monoisotopic (exact) mass is 462 g/mol. The van der Waals surface area contributed by atoms with E-state index in [-0.39, 0.29) is 23.4 Å². The minimum absolute atomic E-state index is 0.0209. The molecule has 5 N–H and O–H groups in total. The number of benzene rings is 2. The maximum atomic E-state index is 13.0. The van der Waals surface area contributed by atoms with Crippen molar-refractivity contribution in [2.75, 3.05) is 26.2 Å². The van der Waals surface area contributed by atoms with Crippen LogP contribution in [-0.4, -0.2) is 68.6 Å². The first-order valence-corrected chi connectivity index (χ1v) is 12.2. The highest BCUT2D eigenvalue weighted by Gasteiger charge is 2.35. The van der Waals surface area contributed by atoms with Gasteiger partial charge in [0.25, 0.3) is 0 Å². The quantitative estimate of drug-likeness (QED) is 0.401. The zero-order chi connectivity index (χ0) is 23.1. The summed E-state index contributed by atoms with van der Waals surface area (Å²) in [5, 5.41) is 14.2. The second-order valence-electron chi connectivity index (χ2n) is 7.89. The van der Waals surface area contributed by atoms with Crippen molar-refractivity contribution in [3.63, 3.8) is 0 Å². The summed E-state index contributed by atoms with van der Waals surface area (Å²) in [5.74, 6) is -0.638. The Hall–Kier alpha value is -2.53. The van der Waals surface area contributed by atoms with Gasteiger partial charge in [-0.15, -0.1) is 0 Å². The SMILES string of the molecule is NCCCC(=O)NC[C@@H]1CCCN1C(=O)[C@@H](CO)NS(=O)(=O)c1ccc2ccccc2c1. The van der Waals surface area contributed by atoms with E-state index in [1.54, 1.807) is 12.1 Å². The van der Waals surface area contributed by atoms with Gasteiger partial charge in [-0.05, 0) is 48.7 Å². The van der Waals surface area contributed by atoms with Crippen molar-refractivity contribution in [2.24, 2.45) is 5.73 Å². The molecule has 0 aliphatic carbocycles. The molecule has 3 rings (SSSR count). The Labute approximate surface area is 188 Å². The minimum Gasteiger partial charge on any atom is -0.394 e. The van der Waals surface area contributed by atoms with E-state index in [1.165, 1.54) is 17.0 Å². The molecule has 1 saturated heterocycles. The number of nitrogens with one attached hydrogen (secondary N) is 2. The third kappa shape index (κ3) is 5.83. The van der Waals surface area contributed by atoms with Crippen molar-refractivity contribution in [1.82, 2.24) is 14.9 Å². The van der Waals surface area contributed by atoms with Crippen molar-refractivity contribution in [3.05, 3.63) is 42.5 Å². The van der Waals surface area contributed by atoms with E-state index >= 15 is 0 Å². The Morgan fingerprint density at radius 2 is 1.94 bits per heavy atom. The second kappa shape index (κ2) is 10.9. The van der Waals surface area contributed by atoms with E-state index in [4.69, 9.17) is 5.73 Å². The fourth-order valence-electron chi connectivity index (χ4n) is 3.88. The van der Waals surface area contributed by atoms with Crippen molar-refractivity contribution in [2.45, 2.75) is 42.7 Å². The minimum atomic E-state index is -4.03. The van der Waals surface area contributed by atoms with Crippen LogP contribution in [0.3, 0.4) is 0 Å². The third-order valence-corrected chi connectivity index (χ3v) is 7.08. The highest BCUT2D eigenvalue weighted by Crippen LogP contribution is 2.21. The van der Waals surface area contributed by atoms with Gasteiger partial charge in [0.15, 0.2) is 0 Å². The van der Waals surface area contributed by atoms with Gasteiger partial charge >= 0.3 is 0 Å². The molecule has 2 aromatic rings. The fourth-order valence-corrected chi connectivity index (χ4v) is 5.09. The number of likely N-dealkylation sites (tertiary alicyclic amines) is 1. The zero-order valence-electron chi connectivity index (χ0n) is 17.9. The van der Waals surface area contributed by atoms with Gasteiger partial charge in [-0.25, -0.2) is 8.42 Å². The van der Waals surface area contributed by atoms with Gasteiger partial charge < -0.3 is 21.1 Å². The average Bonchev–Trinajstić information content (AvgIpc) is 3.27. The third-order valence-electron chi connectivity index (χ3n) is 5.61. The number of nitrogens with two attached hydrogens (primary N) is 1. The van der Waals surface area contributed by atoms with E-state index in [2.05, 4.69) is 10.0 Å². The average molecular weight is 463 g/mol. The molecule has 0 aromatic heterocycles. The lowest BCUT2D eigenvalue weighted by molar-refractivity contribution is -0.135. The first-order chi connectivity index (χ1) is 15.4. The van der Waals surface area contributed by atoms with Crippen molar-refractivity contribution < 1.29 is 23.1 Å². The molecule has 0 bridgehead atoms. The summed E-state index contributed by atoms with van der Waals surface area (Å²) in [5.41, 5.74) is 5.41. The molecular weight excluding hydrogens is 432 g/mol. The lowest BCUT2D eigenvalue weighted by Gasteiger charge is -2.28.